The van der Waals surface area contributed by atoms with Crippen LogP contribution in [0.25, 0.3) is 21.2 Å². The van der Waals surface area contributed by atoms with Crippen molar-refractivity contribution in [2.75, 3.05) is 20.3 Å². The Bertz CT molecular complexity index is 1440. The second-order valence-electron chi connectivity index (χ2n) is 8.51. The number of carbonyl (C=O) groups is 1. The molecule has 0 aliphatic carbocycles. The molecule has 0 aliphatic heterocycles. The van der Waals surface area contributed by atoms with Gasteiger partial charge in [0.15, 0.2) is 0 Å². The quantitative estimate of drug-likeness (QED) is 0.168. The third kappa shape index (κ3) is 7.29. The number of ether oxygens (including phenoxy) is 3. The van der Waals surface area contributed by atoms with Gasteiger partial charge in [-0.2, -0.15) is 13.5 Å². The van der Waals surface area contributed by atoms with E-state index in [-0.39, 0.29) is 25.8 Å². The molecule has 8 heteroatoms. The zero-order valence-corrected chi connectivity index (χ0v) is 23.4. The van der Waals surface area contributed by atoms with Gasteiger partial charge >= 0.3 is 5.97 Å². The number of pyridine rings is 1. The van der Waals surface area contributed by atoms with E-state index in [0.29, 0.717) is 25.7 Å². The molecule has 0 saturated carbocycles. The van der Waals surface area contributed by atoms with Crippen molar-refractivity contribution in [3.63, 3.8) is 0 Å². The van der Waals surface area contributed by atoms with Crippen molar-refractivity contribution in [2.24, 2.45) is 0 Å². The van der Waals surface area contributed by atoms with Crippen molar-refractivity contribution in [3.05, 3.63) is 76.8 Å². The van der Waals surface area contributed by atoms with Crippen LogP contribution in [0.2, 0.25) is 0 Å². The third-order valence-corrected chi connectivity index (χ3v) is 6.87. The number of aromatic nitrogens is 1. The van der Waals surface area contributed by atoms with Crippen molar-refractivity contribution >= 4 is 40.9 Å². The molecule has 1 N–H and O–H groups in total. The van der Waals surface area contributed by atoms with Crippen LogP contribution in [0.15, 0.2) is 60.0 Å². The first-order valence-corrected chi connectivity index (χ1v) is 12.8. The van der Waals surface area contributed by atoms with Gasteiger partial charge in [0.2, 0.25) is 5.88 Å². The molecule has 0 aliphatic rings. The molecule has 0 saturated heterocycles. The summed E-state index contributed by atoms with van der Waals surface area (Å²) in [4.78, 5) is 15.8. The summed E-state index contributed by atoms with van der Waals surface area (Å²) in [6.45, 7) is 5.11. The summed E-state index contributed by atoms with van der Waals surface area (Å²) in [6, 6.07) is 17.8. The minimum atomic E-state index is -0.867. The number of carboxylic acid groups (broad SMARTS) is 1. The summed E-state index contributed by atoms with van der Waals surface area (Å²) in [5, 5.41) is 12.5. The average molecular weight is 550 g/mol. The number of thiophene rings is 1. The van der Waals surface area contributed by atoms with Crippen molar-refractivity contribution in [3.8, 4) is 34.6 Å². The van der Waals surface area contributed by atoms with E-state index in [4.69, 9.17) is 19.3 Å². The van der Waals surface area contributed by atoms with Crippen molar-refractivity contribution in [2.45, 2.75) is 32.8 Å². The fourth-order valence-electron chi connectivity index (χ4n) is 4.07. The molecular weight excluding hydrogens is 518 g/mol. The normalized spacial score (nSPS) is 11.2. The number of aryl methyl sites for hydroxylation is 1. The second kappa shape index (κ2) is 13.9. The number of benzene rings is 2. The SMILES string of the molecule is CC#C[C@@H](CC(=O)O)c1ccc(OCc2ccc3scc(-c4ccc(OCCOC)nc4C)c3c2)cc1.S. The average Bonchev–Trinajstić information content (AvgIpc) is 3.30. The lowest BCUT2D eigenvalue weighted by Crippen LogP contribution is -2.05. The fraction of sp³-hybridized carbons (Fsp3) is 0.267. The highest BCUT2D eigenvalue weighted by Gasteiger charge is 2.14. The smallest absolute Gasteiger partial charge is 0.304 e. The summed E-state index contributed by atoms with van der Waals surface area (Å²) in [5.41, 5.74) is 5.05. The molecule has 6 nitrogen and oxygen atoms in total. The number of aliphatic carboxylic acids is 1. The molecule has 38 heavy (non-hydrogen) atoms. The minimum absolute atomic E-state index is 0. The first-order valence-electron chi connectivity index (χ1n) is 11.9. The van der Waals surface area contributed by atoms with Crippen LogP contribution >= 0.6 is 24.8 Å². The molecule has 4 aromatic rings. The van der Waals surface area contributed by atoms with E-state index in [1.165, 1.54) is 4.70 Å². The van der Waals surface area contributed by atoms with E-state index in [1.807, 2.05) is 37.3 Å². The van der Waals surface area contributed by atoms with Crippen LogP contribution in [0, 0.1) is 18.8 Å². The van der Waals surface area contributed by atoms with Crippen LogP contribution in [0.5, 0.6) is 11.6 Å². The topological polar surface area (TPSA) is 77.9 Å². The third-order valence-electron chi connectivity index (χ3n) is 5.91. The maximum absolute atomic E-state index is 11.1. The van der Waals surface area contributed by atoms with Crippen LogP contribution in [0.4, 0.5) is 0 Å². The molecular formula is C30H31NO5S2. The molecule has 2 aromatic heterocycles. The molecule has 0 unspecified atom stereocenters. The van der Waals surface area contributed by atoms with Gasteiger partial charge < -0.3 is 19.3 Å². The van der Waals surface area contributed by atoms with Gasteiger partial charge in [-0.15, -0.1) is 17.3 Å². The van der Waals surface area contributed by atoms with E-state index in [0.717, 1.165) is 39.1 Å². The molecule has 0 radical (unpaired) electrons. The van der Waals surface area contributed by atoms with Crippen LogP contribution < -0.4 is 9.47 Å². The largest absolute Gasteiger partial charge is 0.489 e. The first kappa shape index (κ1) is 29.1. The molecule has 2 aromatic carbocycles. The van der Waals surface area contributed by atoms with Crippen molar-refractivity contribution < 1.29 is 24.1 Å². The molecule has 0 fully saturated rings. The van der Waals surface area contributed by atoms with Crippen LogP contribution in [-0.4, -0.2) is 36.4 Å². The second-order valence-corrected chi connectivity index (χ2v) is 9.42. The molecule has 1 atom stereocenters. The van der Waals surface area contributed by atoms with E-state index >= 15 is 0 Å². The highest BCUT2D eigenvalue weighted by atomic mass is 32.1. The standard InChI is InChI=1S/C30H29NO5S.H2S/c1-4-5-23(17-30(32)33)22-7-9-24(10-8-22)36-18-21-6-12-28-26(16-21)27(19-37-28)25-11-13-29(31-20(25)2)35-15-14-34-3;/h6-13,16,19,23H,14-15,17-18H2,1-3H3,(H,32,33);1H2/t23-;/m0./s1. The van der Waals surface area contributed by atoms with Gasteiger partial charge in [-0.25, -0.2) is 4.98 Å². The maximum atomic E-state index is 11.1. The minimum Gasteiger partial charge on any atom is -0.489 e. The monoisotopic (exact) mass is 549 g/mol. The summed E-state index contributed by atoms with van der Waals surface area (Å²) in [6.07, 6.45) is -0.0252. The fourth-order valence-corrected chi connectivity index (χ4v) is 5.01. The summed E-state index contributed by atoms with van der Waals surface area (Å²) in [7, 11) is 1.64. The Kier molecular flexibility index (Phi) is 10.6. The number of methoxy groups -OCH3 is 1. The zero-order chi connectivity index (χ0) is 26.2. The van der Waals surface area contributed by atoms with Gasteiger partial charge in [0.25, 0.3) is 0 Å². The Morgan fingerprint density at radius 1 is 1.05 bits per heavy atom. The predicted molar refractivity (Wildman–Crippen MR) is 157 cm³/mol. The number of hydrogen-bond donors (Lipinski definition) is 1. The van der Waals surface area contributed by atoms with Gasteiger partial charge in [-0.3, -0.25) is 4.79 Å². The van der Waals surface area contributed by atoms with Gasteiger partial charge in [0, 0.05) is 40.1 Å². The highest BCUT2D eigenvalue weighted by molar-refractivity contribution is 7.59. The zero-order valence-electron chi connectivity index (χ0n) is 21.6. The first-order chi connectivity index (χ1) is 18.0. The molecule has 0 bridgehead atoms. The Morgan fingerprint density at radius 3 is 2.53 bits per heavy atom. The summed E-state index contributed by atoms with van der Waals surface area (Å²) in [5.74, 6) is 5.90. The van der Waals surface area contributed by atoms with Gasteiger partial charge in [-0.1, -0.05) is 24.1 Å². The molecule has 2 heterocycles. The Balaban J connectivity index is 0.00000400. The summed E-state index contributed by atoms with van der Waals surface area (Å²) >= 11 is 1.70. The molecule has 4 rings (SSSR count). The number of nitrogens with zero attached hydrogens (tertiary/aromatic N) is 1. The molecule has 198 valence electrons. The van der Waals surface area contributed by atoms with Gasteiger partial charge in [0.05, 0.1) is 18.9 Å². The lowest BCUT2D eigenvalue weighted by molar-refractivity contribution is -0.137. The lowest BCUT2D eigenvalue weighted by Gasteiger charge is -2.11. The number of carboxylic acids is 1. The van der Waals surface area contributed by atoms with Gasteiger partial charge in [0.1, 0.15) is 19.0 Å². The van der Waals surface area contributed by atoms with Crippen LogP contribution in [0.3, 0.4) is 0 Å². The van der Waals surface area contributed by atoms with Crippen LogP contribution in [0.1, 0.15) is 36.1 Å². The van der Waals surface area contributed by atoms with Crippen molar-refractivity contribution in [1.82, 2.24) is 4.98 Å². The van der Waals surface area contributed by atoms with E-state index < -0.39 is 5.97 Å². The highest BCUT2D eigenvalue weighted by Crippen LogP contribution is 2.36. The molecule has 0 amide bonds. The van der Waals surface area contributed by atoms with E-state index in [9.17, 15) is 4.79 Å². The summed E-state index contributed by atoms with van der Waals surface area (Å²) < 4.78 is 17.9. The van der Waals surface area contributed by atoms with E-state index in [1.54, 1.807) is 25.4 Å². The Morgan fingerprint density at radius 2 is 1.84 bits per heavy atom. The Labute approximate surface area is 234 Å². The van der Waals surface area contributed by atoms with Gasteiger partial charge in [-0.05, 0) is 60.7 Å². The number of hydrogen-bond acceptors (Lipinski definition) is 6. The molecule has 0 spiro atoms. The number of fused-ring (bicyclic) bond motifs is 1. The maximum Gasteiger partial charge on any atom is 0.304 e. The van der Waals surface area contributed by atoms with Crippen LogP contribution in [-0.2, 0) is 16.1 Å². The number of rotatable bonds is 11. The predicted octanol–water partition coefficient (Wildman–Crippen LogP) is 6.57. The van der Waals surface area contributed by atoms with E-state index in [2.05, 4.69) is 46.5 Å². The van der Waals surface area contributed by atoms with Crippen molar-refractivity contribution in [1.29, 1.82) is 0 Å². The lowest BCUT2D eigenvalue weighted by atomic mass is 9.96. The Hall–Kier alpha value is -3.51.